The van der Waals surface area contributed by atoms with Crippen LogP contribution in [0.3, 0.4) is 0 Å². The van der Waals surface area contributed by atoms with Gasteiger partial charge in [-0.1, -0.05) is 12.1 Å². The second-order valence-corrected chi connectivity index (χ2v) is 6.49. The molecule has 0 bridgehead atoms. The minimum Gasteiger partial charge on any atom is -0.508 e. The largest absolute Gasteiger partial charge is 0.508 e. The Morgan fingerprint density at radius 2 is 1.68 bits per heavy atom. The number of esters is 1. The molecule has 0 atom stereocenters. The number of carbonyl (C=O) groups is 3. The van der Waals surface area contributed by atoms with Gasteiger partial charge in [-0.2, -0.15) is 0 Å². The first-order valence-corrected chi connectivity index (χ1v) is 9.37. The highest BCUT2D eigenvalue weighted by molar-refractivity contribution is 6.04. The van der Waals surface area contributed by atoms with E-state index >= 15 is 0 Å². The number of aromatic hydroxyl groups is 1. The maximum absolute atomic E-state index is 11.8. The number of benzene rings is 2. The smallest absolute Gasteiger partial charge is 0.340 e. The molecule has 0 saturated carbocycles. The first-order chi connectivity index (χ1) is 14.7. The van der Waals surface area contributed by atoms with Crippen molar-refractivity contribution < 1.29 is 34.4 Å². The molecule has 8 heteroatoms. The van der Waals surface area contributed by atoms with E-state index in [1.54, 1.807) is 37.4 Å². The fourth-order valence-electron chi connectivity index (χ4n) is 3.05. The Bertz CT molecular complexity index is 1110. The van der Waals surface area contributed by atoms with E-state index in [9.17, 15) is 19.5 Å². The summed E-state index contributed by atoms with van der Waals surface area (Å²) in [6.07, 6.45) is 3.48. The van der Waals surface area contributed by atoms with Crippen LogP contribution in [0.4, 0.5) is 0 Å². The number of aromatic carboxylic acids is 2. The summed E-state index contributed by atoms with van der Waals surface area (Å²) in [5.74, 6) is -2.47. The van der Waals surface area contributed by atoms with E-state index in [1.165, 1.54) is 25.1 Å². The third-order valence-corrected chi connectivity index (χ3v) is 4.48. The average molecular weight is 425 g/mol. The first kappa shape index (κ1) is 23.2. The predicted octanol–water partition coefficient (Wildman–Crippen LogP) is 4.10. The molecule has 0 amide bonds. The van der Waals surface area contributed by atoms with Crippen LogP contribution in [0.5, 0.6) is 5.75 Å². The second-order valence-electron chi connectivity index (χ2n) is 6.49. The third kappa shape index (κ3) is 5.30. The highest BCUT2D eigenvalue weighted by Crippen LogP contribution is 2.26. The van der Waals surface area contributed by atoms with E-state index in [2.05, 4.69) is 6.58 Å². The van der Waals surface area contributed by atoms with Gasteiger partial charge in [-0.15, -0.1) is 6.58 Å². The average Bonchev–Trinajstić information content (AvgIpc) is 3.06. The van der Waals surface area contributed by atoms with Crippen molar-refractivity contribution >= 4 is 28.8 Å². The summed E-state index contributed by atoms with van der Waals surface area (Å²) < 4.78 is 6.90. The zero-order valence-corrected chi connectivity index (χ0v) is 17.2. The number of carboxylic acid groups (broad SMARTS) is 2. The van der Waals surface area contributed by atoms with Crippen molar-refractivity contribution in [3.8, 4) is 5.75 Å². The minimum atomic E-state index is -1.11. The fraction of sp³-hybridized carbons (Fsp3) is 0.174. The van der Waals surface area contributed by atoms with Crippen LogP contribution in [0, 0.1) is 6.92 Å². The molecule has 31 heavy (non-hydrogen) atoms. The molecule has 0 fully saturated rings. The molecule has 1 heterocycles. The van der Waals surface area contributed by atoms with Gasteiger partial charge in [-0.05, 0) is 49.7 Å². The van der Waals surface area contributed by atoms with E-state index in [1.807, 2.05) is 4.57 Å². The van der Waals surface area contributed by atoms with Crippen molar-refractivity contribution in [2.24, 2.45) is 0 Å². The van der Waals surface area contributed by atoms with Crippen LogP contribution in [0.15, 0.2) is 55.3 Å². The molecule has 0 aliphatic rings. The number of hydrogen-bond donors (Lipinski definition) is 3. The molecule has 0 saturated heterocycles. The van der Waals surface area contributed by atoms with E-state index in [4.69, 9.17) is 14.9 Å². The number of ether oxygens (including phenoxy) is 1. The summed E-state index contributed by atoms with van der Waals surface area (Å²) >= 11 is 0. The van der Waals surface area contributed by atoms with Crippen molar-refractivity contribution in [2.75, 3.05) is 6.61 Å². The number of carboxylic acids is 2. The van der Waals surface area contributed by atoms with Crippen LogP contribution in [-0.2, 0) is 11.3 Å². The Balaban J connectivity index is 0.000000233. The number of nitrogens with zero attached hydrogens (tertiary/aromatic N) is 1. The number of phenolic OH excluding ortho intramolecular Hbond substituents is 1. The van der Waals surface area contributed by atoms with E-state index in [0.29, 0.717) is 24.1 Å². The minimum absolute atomic E-state index is 0.0277. The van der Waals surface area contributed by atoms with Crippen molar-refractivity contribution in [3.63, 3.8) is 0 Å². The van der Waals surface area contributed by atoms with Crippen LogP contribution in [0.25, 0.3) is 10.9 Å². The van der Waals surface area contributed by atoms with Gasteiger partial charge in [0, 0.05) is 23.6 Å². The molecule has 0 radical (unpaired) electrons. The lowest BCUT2D eigenvalue weighted by molar-refractivity contribution is 0.0527. The molecule has 3 N–H and O–H groups in total. The van der Waals surface area contributed by atoms with Crippen molar-refractivity contribution in [1.82, 2.24) is 4.57 Å². The summed E-state index contributed by atoms with van der Waals surface area (Å²) in [6, 6.07) is 9.11. The zero-order valence-electron chi connectivity index (χ0n) is 17.2. The van der Waals surface area contributed by atoms with Crippen molar-refractivity contribution in [2.45, 2.75) is 20.4 Å². The maximum atomic E-state index is 11.8. The van der Waals surface area contributed by atoms with Crippen LogP contribution in [0.1, 0.15) is 43.6 Å². The summed E-state index contributed by atoms with van der Waals surface area (Å²) in [7, 11) is 0. The van der Waals surface area contributed by atoms with Gasteiger partial charge < -0.3 is 24.6 Å². The molecule has 2 aromatic carbocycles. The van der Waals surface area contributed by atoms with Gasteiger partial charge in [0.05, 0.1) is 23.3 Å². The first-order valence-electron chi connectivity index (χ1n) is 9.37. The van der Waals surface area contributed by atoms with E-state index in [0.717, 1.165) is 5.52 Å². The molecule has 1 aromatic heterocycles. The van der Waals surface area contributed by atoms with Gasteiger partial charge in [0.25, 0.3) is 0 Å². The lowest BCUT2D eigenvalue weighted by Crippen LogP contribution is -2.06. The van der Waals surface area contributed by atoms with Gasteiger partial charge in [-0.25, -0.2) is 14.4 Å². The summed E-state index contributed by atoms with van der Waals surface area (Å²) in [5, 5.41) is 27.6. The van der Waals surface area contributed by atoms with E-state index < -0.39 is 11.9 Å². The number of rotatable bonds is 6. The Labute approximate surface area is 178 Å². The molecule has 0 spiro atoms. The maximum Gasteiger partial charge on any atom is 0.340 e. The van der Waals surface area contributed by atoms with Gasteiger partial charge in [0.1, 0.15) is 5.75 Å². The number of fused-ring (bicyclic) bond motifs is 1. The lowest BCUT2D eigenvalue weighted by Gasteiger charge is -2.03. The Morgan fingerprint density at radius 1 is 1.06 bits per heavy atom. The number of phenols is 1. The topological polar surface area (TPSA) is 126 Å². The van der Waals surface area contributed by atoms with Gasteiger partial charge in [-0.3, -0.25) is 0 Å². The predicted molar refractivity (Wildman–Crippen MR) is 115 cm³/mol. The monoisotopic (exact) mass is 425 g/mol. The molecule has 3 rings (SSSR count). The van der Waals surface area contributed by atoms with E-state index in [-0.39, 0.29) is 28.4 Å². The number of allylic oxidation sites excluding steroid dienone is 1. The highest BCUT2D eigenvalue weighted by Gasteiger charge is 2.16. The molecular weight excluding hydrogens is 402 g/mol. The molecule has 0 aliphatic heterocycles. The van der Waals surface area contributed by atoms with Crippen LogP contribution >= 0.6 is 0 Å². The van der Waals surface area contributed by atoms with Gasteiger partial charge in [0.15, 0.2) is 0 Å². The zero-order chi connectivity index (χ0) is 23.1. The van der Waals surface area contributed by atoms with Crippen LogP contribution < -0.4 is 0 Å². The third-order valence-electron chi connectivity index (χ3n) is 4.48. The summed E-state index contributed by atoms with van der Waals surface area (Å²) in [6.45, 7) is 7.85. The van der Waals surface area contributed by atoms with Crippen LogP contribution in [-0.4, -0.2) is 44.4 Å². The molecule has 0 unspecified atom stereocenters. The SMILES string of the molecule is C=CCn1cc(C(=O)OCC)c2cc(O)ccc21.Cc1c(C(=O)O)cccc1C(=O)O. The second kappa shape index (κ2) is 10.1. The Hall–Kier alpha value is -4.07. The Kier molecular flexibility index (Phi) is 7.57. The van der Waals surface area contributed by atoms with Gasteiger partial charge >= 0.3 is 17.9 Å². The van der Waals surface area contributed by atoms with Crippen molar-refractivity contribution in [3.05, 3.63) is 77.5 Å². The quantitative estimate of drug-likeness (QED) is 0.401. The fourth-order valence-corrected chi connectivity index (χ4v) is 3.05. The summed E-state index contributed by atoms with van der Waals surface area (Å²) in [5.41, 5.74) is 1.67. The van der Waals surface area contributed by atoms with Crippen molar-refractivity contribution in [1.29, 1.82) is 0 Å². The summed E-state index contributed by atoms with van der Waals surface area (Å²) in [4.78, 5) is 33.1. The molecule has 3 aromatic rings. The van der Waals surface area contributed by atoms with Gasteiger partial charge in [0.2, 0.25) is 0 Å². The highest BCUT2D eigenvalue weighted by atomic mass is 16.5. The number of carbonyl (C=O) groups excluding carboxylic acids is 1. The standard InChI is InChI=1S/C14H15NO3.C9H8O4/c1-3-7-15-9-12(14(17)18-4-2)11-8-10(16)5-6-13(11)15;1-5-6(8(10)11)3-2-4-7(5)9(12)13/h3,5-6,8-9,16H,1,4,7H2,2H3;2-4H,1H3,(H,10,11)(H,12,13). The molecule has 0 aliphatic carbocycles. The molecule has 8 nitrogen and oxygen atoms in total. The Morgan fingerprint density at radius 3 is 2.19 bits per heavy atom. The lowest BCUT2D eigenvalue weighted by atomic mass is 10.0. The molecule has 162 valence electrons. The van der Waals surface area contributed by atoms with Crippen LogP contribution in [0.2, 0.25) is 0 Å². The number of aromatic nitrogens is 1. The normalized spacial score (nSPS) is 10.1. The molecular formula is C23H23NO7. The number of hydrogen-bond acceptors (Lipinski definition) is 5.